The molecule has 1 heterocycles. The average Bonchev–Trinajstić information content (AvgIpc) is 2.57. The third-order valence-electron chi connectivity index (χ3n) is 4.32. The minimum Gasteiger partial charge on any atom is -0.340 e. The number of anilines is 2. The molecule has 1 aliphatic rings. The van der Waals surface area contributed by atoms with Crippen molar-refractivity contribution in [2.24, 2.45) is 0 Å². The molecule has 23 heavy (non-hydrogen) atoms. The Hall–Kier alpha value is -1.12. The summed E-state index contributed by atoms with van der Waals surface area (Å²) in [7, 11) is 0. The van der Waals surface area contributed by atoms with E-state index < -0.39 is 0 Å². The lowest BCUT2D eigenvalue weighted by Crippen LogP contribution is -2.21. The van der Waals surface area contributed by atoms with E-state index in [1.54, 1.807) is 0 Å². The van der Waals surface area contributed by atoms with Gasteiger partial charge in [-0.1, -0.05) is 74.5 Å². The molecule has 3 rings (SSSR count). The molecular weight excluding hydrogens is 322 g/mol. The van der Waals surface area contributed by atoms with Gasteiger partial charge in [0.1, 0.15) is 0 Å². The second-order valence-electron chi connectivity index (χ2n) is 6.10. The van der Waals surface area contributed by atoms with Crippen LogP contribution in [0.5, 0.6) is 0 Å². The van der Waals surface area contributed by atoms with Gasteiger partial charge in [0, 0.05) is 21.4 Å². The molecule has 0 saturated heterocycles. The molecule has 0 saturated carbocycles. The predicted octanol–water partition coefficient (Wildman–Crippen LogP) is 7.30. The SMILES string of the molecule is CCCCCCCCN1c2ccccc2Sc2ccc(Cl)cc21. The van der Waals surface area contributed by atoms with Crippen LogP contribution in [-0.4, -0.2) is 6.54 Å². The Bertz CT molecular complexity index is 656. The Kier molecular flexibility index (Phi) is 5.91. The summed E-state index contributed by atoms with van der Waals surface area (Å²) in [5, 5.41) is 0.816. The normalized spacial score (nSPS) is 12.9. The minimum absolute atomic E-state index is 0.816. The molecule has 0 amide bonds. The molecule has 0 aromatic heterocycles. The van der Waals surface area contributed by atoms with Gasteiger partial charge in [0.25, 0.3) is 0 Å². The molecule has 1 aliphatic heterocycles. The fraction of sp³-hybridized carbons (Fsp3) is 0.400. The zero-order valence-corrected chi connectivity index (χ0v) is 15.3. The van der Waals surface area contributed by atoms with E-state index >= 15 is 0 Å². The largest absolute Gasteiger partial charge is 0.340 e. The van der Waals surface area contributed by atoms with Crippen molar-refractivity contribution in [2.75, 3.05) is 11.4 Å². The van der Waals surface area contributed by atoms with Gasteiger partial charge in [-0.2, -0.15) is 0 Å². The first kappa shape index (κ1) is 16.7. The molecule has 2 aromatic rings. The van der Waals surface area contributed by atoms with E-state index in [1.807, 2.05) is 17.8 Å². The van der Waals surface area contributed by atoms with E-state index in [0.29, 0.717) is 0 Å². The third kappa shape index (κ3) is 4.05. The molecule has 0 aliphatic carbocycles. The van der Waals surface area contributed by atoms with Crippen LogP contribution < -0.4 is 4.90 Å². The van der Waals surface area contributed by atoms with Gasteiger partial charge in [-0.3, -0.25) is 0 Å². The monoisotopic (exact) mass is 345 g/mol. The molecule has 0 fully saturated rings. The molecule has 0 atom stereocenters. The zero-order chi connectivity index (χ0) is 16.1. The Labute approximate surface area is 149 Å². The van der Waals surface area contributed by atoms with Crippen LogP contribution in [0.3, 0.4) is 0 Å². The second-order valence-corrected chi connectivity index (χ2v) is 7.62. The number of hydrogen-bond donors (Lipinski definition) is 0. The number of halogens is 1. The molecular formula is C20H24ClNS. The summed E-state index contributed by atoms with van der Waals surface area (Å²) in [4.78, 5) is 5.10. The van der Waals surface area contributed by atoms with Crippen molar-refractivity contribution in [1.29, 1.82) is 0 Å². The van der Waals surface area contributed by atoms with Gasteiger partial charge < -0.3 is 4.90 Å². The maximum absolute atomic E-state index is 6.25. The Morgan fingerprint density at radius 1 is 0.870 bits per heavy atom. The number of benzene rings is 2. The van der Waals surface area contributed by atoms with Crippen molar-refractivity contribution < 1.29 is 0 Å². The van der Waals surface area contributed by atoms with E-state index in [-0.39, 0.29) is 0 Å². The topological polar surface area (TPSA) is 3.24 Å². The van der Waals surface area contributed by atoms with Crippen LogP contribution in [0.1, 0.15) is 45.4 Å². The van der Waals surface area contributed by atoms with Gasteiger partial charge in [0.05, 0.1) is 11.4 Å². The maximum atomic E-state index is 6.25. The quantitative estimate of drug-likeness (QED) is 0.484. The highest BCUT2D eigenvalue weighted by molar-refractivity contribution is 7.99. The van der Waals surface area contributed by atoms with Gasteiger partial charge in [-0.15, -0.1) is 0 Å². The van der Waals surface area contributed by atoms with Crippen LogP contribution in [0.25, 0.3) is 0 Å². The zero-order valence-electron chi connectivity index (χ0n) is 13.7. The first-order valence-corrected chi connectivity index (χ1v) is 9.83. The lowest BCUT2D eigenvalue weighted by Gasteiger charge is -2.33. The number of hydrogen-bond acceptors (Lipinski definition) is 2. The van der Waals surface area contributed by atoms with Crippen LogP contribution >= 0.6 is 23.4 Å². The molecule has 0 unspecified atom stereocenters. The summed E-state index contributed by atoms with van der Waals surface area (Å²) in [5.41, 5.74) is 2.58. The molecule has 2 aromatic carbocycles. The first-order valence-electron chi connectivity index (χ1n) is 8.63. The highest BCUT2D eigenvalue weighted by atomic mass is 35.5. The van der Waals surface area contributed by atoms with Crippen LogP contribution in [0.15, 0.2) is 52.3 Å². The lowest BCUT2D eigenvalue weighted by molar-refractivity contribution is 0.608. The van der Waals surface area contributed by atoms with Crippen molar-refractivity contribution in [3.8, 4) is 0 Å². The number of rotatable bonds is 7. The number of para-hydroxylation sites is 1. The molecule has 122 valence electrons. The van der Waals surface area contributed by atoms with E-state index in [1.165, 1.54) is 59.7 Å². The molecule has 3 heteroatoms. The highest BCUT2D eigenvalue weighted by Crippen LogP contribution is 2.48. The molecule has 0 radical (unpaired) electrons. The Morgan fingerprint density at radius 3 is 2.48 bits per heavy atom. The lowest BCUT2D eigenvalue weighted by atomic mass is 10.1. The summed E-state index contributed by atoms with van der Waals surface area (Å²) < 4.78 is 0. The van der Waals surface area contributed by atoms with Crippen LogP contribution in [0, 0.1) is 0 Å². The van der Waals surface area contributed by atoms with E-state index in [2.05, 4.69) is 48.2 Å². The third-order valence-corrected chi connectivity index (χ3v) is 5.69. The van der Waals surface area contributed by atoms with Crippen molar-refractivity contribution in [2.45, 2.75) is 55.2 Å². The summed E-state index contributed by atoms with van der Waals surface area (Å²) >= 11 is 8.10. The van der Waals surface area contributed by atoms with Crippen LogP contribution in [0.2, 0.25) is 5.02 Å². The predicted molar refractivity (Wildman–Crippen MR) is 102 cm³/mol. The number of nitrogens with zero attached hydrogens (tertiary/aromatic N) is 1. The summed E-state index contributed by atoms with van der Waals surface area (Å²) in [6.07, 6.45) is 7.92. The summed E-state index contributed by atoms with van der Waals surface area (Å²) in [5.74, 6) is 0. The molecule has 0 bridgehead atoms. The molecule has 1 nitrogen and oxygen atoms in total. The fourth-order valence-corrected chi connectivity index (χ4v) is 4.34. The van der Waals surface area contributed by atoms with Crippen molar-refractivity contribution >= 4 is 34.7 Å². The van der Waals surface area contributed by atoms with Crippen LogP contribution in [0.4, 0.5) is 11.4 Å². The van der Waals surface area contributed by atoms with Crippen molar-refractivity contribution in [3.05, 3.63) is 47.5 Å². The average molecular weight is 346 g/mol. The van der Waals surface area contributed by atoms with Gasteiger partial charge >= 0.3 is 0 Å². The Balaban J connectivity index is 1.74. The summed E-state index contributed by atoms with van der Waals surface area (Å²) in [6.45, 7) is 3.33. The van der Waals surface area contributed by atoms with Gasteiger partial charge in [0.2, 0.25) is 0 Å². The number of fused-ring (bicyclic) bond motifs is 2. The Morgan fingerprint density at radius 2 is 1.61 bits per heavy atom. The first-order chi connectivity index (χ1) is 11.3. The van der Waals surface area contributed by atoms with Gasteiger partial charge in [0.15, 0.2) is 0 Å². The van der Waals surface area contributed by atoms with Gasteiger partial charge in [-0.25, -0.2) is 0 Å². The molecule has 0 spiro atoms. The van der Waals surface area contributed by atoms with Gasteiger partial charge in [-0.05, 0) is 36.8 Å². The van der Waals surface area contributed by atoms with E-state index in [4.69, 9.17) is 11.6 Å². The number of unbranched alkanes of at least 4 members (excludes halogenated alkanes) is 5. The fourth-order valence-electron chi connectivity index (χ4n) is 3.09. The highest BCUT2D eigenvalue weighted by Gasteiger charge is 2.22. The van der Waals surface area contributed by atoms with Crippen molar-refractivity contribution in [3.63, 3.8) is 0 Å². The smallest absolute Gasteiger partial charge is 0.0567 e. The van der Waals surface area contributed by atoms with E-state index in [0.717, 1.165) is 11.6 Å². The van der Waals surface area contributed by atoms with E-state index in [9.17, 15) is 0 Å². The maximum Gasteiger partial charge on any atom is 0.0567 e. The summed E-state index contributed by atoms with van der Waals surface area (Å²) in [6, 6.07) is 14.9. The minimum atomic E-state index is 0.816. The van der Waals surface area contributed by atoms with Crippen molar-refractivity contribution in [1.82, 2.24) is 0 Å². The molecule has 0 N–H and O–H groups in total. The standard InChI is InChI=1S/C20H24ClNS/c1-2-3-4-5-6-9-14-22-17-10-7-8-11-19(17)23-20-13-12-16(21)15-18(20)22/h7-8,10-13,15H,2-6,9,14H2,1H3. The second kappa shape index (κ2) is 8.12. The van der Waals surface area contributed by atoms with Crippen LogP contribution in [-0.2, 0) is 0 Å².